The molecule has 2 aliphatic rings. The lowest BCUT2D eigenvalue weighted by Crippen LogP contribution is -2.29. The summed E-state index contributed by atoms with van der Waals surface area (Å²) >= 11 is 5.29. The van der Waals surface area contributed by atoms with Crippen molar-refractivity contribution in [3.8, 4) is 23.8 Å². The Labute approximate surface area is 549 Å². The fraction of sp³-hybridized carbons (Fsp3) is 0.686. The fourth-order valence-corrected chi connectivity index (χ4v) is 7.28. The number of Topliss-reactive ketones (excluding diaryl/α,β-unsaturated/α-hetero) is 5. The minimum atomic E-state index is -1.12. The average Bonchev–Trinajstić information content (AvgIpc) is 1.66. The van der Waals surface area contributed by atoms with Crippen molar-refractivity contribution in [2.75, 3.05) is 32.3 Å². The molecular weight excluding hydrogens is 1190 g/mol. The van der Waals surface area contributed by atoms with Crippen molar-refractivity contribution in [3.05, 3.63) is 61.5 Å². The Bertz CT molecular complexity index is 2700. The van der Waals surface area contributed by atoms with Crippen molar-refractivity contribution < 1.29 is 51.3 Å². The maximum Gasteiger partial charge on any atom is 0.308 e. The highest BCUT2D eigenvalue weighted by Crippen LogP contribution is 2.49. The van der Waals surface area contributed by atoms with Crippen LogP contribution >= 0.6 is 11.6 Å². The molecule has 2 unspecified atom stereocenters. The van der Waals surface area contributed by atoms with Crippen LogP contribution in [0.2, 0.25) is 0 Å². The molecule has 0 N–H and O–H groups in total. The Kier molecular flexibility index (Phi) is 44.1. The van der Waals surface area contributed by atoms with Crippen LogP contribution in [0.1, 0.15) is 224 Å². The molecule has 3 heterocycles. The molecule has 1 aliphatic carbocycles. The number of esters is 1. The number of carbonyl (C=O) groups excluding carboxylic acids is 7. The van der Waals surface area contributed by atoms with Gasteiger partial charge in [-0.2, -0.15) is 14.9 Å². The molecule has 20 heteroatoms. The van der Waals surface area contributed by atoms with E-state index < -0.39 is 34.9 Å². The van der Waals surface area contributed by atoms with Gasteiger partial charge in [0.1, 0.15) is 41.1 Å². The highest BCUT2D eigenvalue weighted by Gasteiger charge is 2.53. The van der Waals surface area contributed by atoms with Crippen LogP contribution in [0.3, 0.4) is 0 Å². The zero-order chi connectivity index (χ0) is 72.2. The van der Waals surface area contributed by atoms with E-state index in [0.29, 0.717) is 23.2 Å². The van der Waals surface area contributed by atoms with E-state index in [1.54, 1.807) is 39.8 Å². The summed E-state index contributed by atoms with van der Waals surface area (Å²) in [6.07, 6.45) is 17.4. The first-order valence-electron chi connectivity index (χ1n) is 30.1. The molecule has 2 aromatic heterocycles. The molecule has 510 valence electrons. The molecule has 4 rings (SSSR count). The summed E-state index contributed by atoms with van der Waals surface area (Å²) in [7, 11) is -1.12. The number of terminal acetylenes is 1. The molecule has 2 atom stereocenters. The largest absolute Gasteiger partial charge is 0.458 e. The summed E-state index contributed by atoms with van der Waals surface area (Å²) in [4.78, 5) is 88.6. The van der Waals surface area contributed by atoms with Crippen molar-refractivity contribution in [2.24, 2.45) is 50.2 Å². The Morgan fingerprint density at radius 2 is 1.30 bits per heavy atom. The minimum Gasteiger partial charge on any atom is -0.458 e. The zero-order valence-corrected chi connectivity index (χ0v) is 61.4. The van der Waals surface area contributed by atoms with Crippen molar-refractivity contribution in [2.45, 2.75) is 229 Å². The van der Waals surface area contributed by atoms with Crippen molar-refractivity contribution in [1.29, 1.82) is 10.5 Å². The Balaban J connectivity index is -0.000000303. The van der Waals surface area contributed by atoms with Gasteiger partial charge in [0.15, 0.2) is 23.1 Å². The molecule has 1 amide bonds. The number of alkyl halides is 2. The van der Waals surface area contributed by atoms with Crippen LogP contribution in [-0.2, 0) is 61.1 Å². The van der Waals surface area contributed by atoms with E-state index in [0.717, 1.165) is 50.3 Å². The number of nitriles is 2. The minimum absolute atomic E-state index is 0.00625. The topological polar surface area (TPSA) is 240 Å². The van der Waals surface area contributed by atoms with E-state index in [2.05, 4.69) is 90.3 Å². The monoisotopic (exact) mass is 1300 g/mol. The van der Waals surface area contributed by atoms with E-state index in [1.807, 2.05) is 121 Å². The molecule has 0 radical (unpaired) electrons. The molecule has 1 saturated carbocycles. The number of hydrogen-bond donors (Lipinski definition) is 0. The molecule has 16 nitrogen and oxygen atoms in total. The second kappa shape index (κ2) is 42.9. The molecule has 1 saturated heterocycles. The molecular formula is C70H114ClF2N7O9S. The smallest absolute Gasteiger partial charge is 0.308 e. The predicted molar refractivity (Wildman–Crippen MR) is 362 cm³/mol. The Hall–Kier alpha value is -6.10. The van der Waals surface area contributed by atoms with Crippen LogP contribution < -0.4 is 0 Å². The average molecular weight is 1300 g/mol. The molecule has 0 bridgehead atoms. The zero-order valence-electron chi connectivity index (χ0n) is 59.8. The van der Waals surface area contributed by atoms with Crippen LogP contribution in [0.15, 0.2) is 44.0 Å². The van der Waals surface area contributed by atoms with Crippen LogP contribution in [0.25, 0.3) is 6.08 Å². The van der Waals surface area contributed by atoms with Crippen molar-refractivity contribution in [3.63, 3.8) is 0 Å². The first kappa shape index (κ1) is 92.6. The second-order valence-electron chi connectivity index (χ2n) is 29.9. The number of aromatic nitrogens is 4. The fourth-order valence-electron chi connectivity index (χ4n) is 6.52. The van der Waals surface area contributed by atoms with Crippen molar-refractivity contribution in [1.82, 2.24) is 24.4 Å². The number of nitrogens with zero attached hydrogens (tertiary/aromatic N) is 7. The van der Waals surface area contributed by atoms with Gasteiger partial charge in [0.25, 0.3) is 0 Å². The Morgan fingerprint density at radius 3 is 1.53 bits per heavy atom. The standard InChI is InChI=1S/C11H19NO.C10H16N2.C9H13NO.C9H16O3.C8H11FN2.C6H11ClO.C6H9NO.C6H10OS.C5H9FO/c1-5-10(13)12-7-6-9(8-12)11(2,3)4;1-5-9-11-6-7-12(9)8-10(2,3)4;1-8(2,3)7(11)9(6-10)4-5-9;1-7(10)12-6-8(11)5-9(2,3)4;1-8(2,3)6-4-10-7(9)11-5-6;1-6(2,3)5(8)4-7;1-5(2)6(8)3-4-7;1-5-8(7)6(2,3)4;1-4(2)5(7)3-6/h5,9H,1,6-8H2,2-4H3;5-7H,1,8H2,2-4H3;4-5H2,1-3H3;5-6H2,1-4H3;4-5H,1-3H3;4H2,1-3H3;5H,3H2,1-2H3;1H,2-4H3;4H,3H2,1-2H3. The maximum atomic E-state index is 12.3. The molecule has 0 spiro atoms. The van der Waals surface area contributed by atoms with E-state index >= 15 is 0 Å². The lowest BCUT2D eigenvalue weighted by molar-refractivity contribution is -0.146. The van der Waals surface area contributed by atoms with E-state index in [4.69, 9.17) is 28.5 Å². The SMILES string of the molecule is C#CS(=O)C(C)(C)C.C=CC(=O)N1CCC(C(C)(C)C)C1.C=Cc1nccn1CC(C)(C)C.CC(=O)OCC(=O)CC(C)(C)C.CC(C)(C)C(=O)C1(C#N)CC1.CC(C)(C)C(=O)CCl.CC(C)(C)c1cnc(F)nc1.CC(C)C(=O)CC#N.CC(C)C(=O)CF. The number of halogens is 3. The summed E-state index contributed by atoms with van der Waals surface area (Å²) in [5.41, 5.74) is 0.296. The van der Waals surface area contributed by atoms with Crippen LogP contribution in [0, 0.1) is 90.7 Å². The number of likely N-dealkylation sites (tertiary alicyclic amines) is 1. The summed E-state index contributed by atoms with van der Waals surface area (Å²) in [6, 6.07) is 3.91. The highest BCUT2D eigenvalue weighted by molar-refractivity contribution is 7.91. The van der Waals surface area contributed by atoms with E-state index in [9.17, 15) is 46.6 Å². The van der Waals surface area contributed by atoms with E-state index in [-0.39, 0.29) is 92.0 Å². The van der Waals surface area contributed by atoms with E-state index in [1.165, 1.54) is 25.4 Å². The van der Waals surface area contributed by atoms with Gasteiger partial charge in [-0.05, 0) is 90.6 Å². The van der Waals surface area contributed by atoms with Gasteiger partial charge >= 0.3 is 12.0 Å². The summed E-state index contributed by atoms with van der Waals surface area (Å²) < 4.78 is 40.7. The lowest BCUT2D eigenvalue weighted by Gasteiger charge is -2.26. The number of amides is 1. The van der Waals surface area contributed by atoms with Gasteiger partial charge in [0.05, 0.1) is 24.4 Å². The quantitative estimate of drug-likeness (QED) is 0.0631. The summed E-state index contributed by atoms with van der Waals surface area (Å²) in [5, 5.41) is 18.9. The van der Waals surface area contributed by atoms with Gasteiger partial charge < -0.3 is 14.2 Å². The summed E-state index contributed by atoms with van der Waals surface area (Å²) in [6.45, 7) is 59.4. The lowest BCUT2D eigenvalue weighted by atomic mass is 9.80. The van der Waals surface area contributed by atoms with Gasteiger partial charge in [-0.3, -0.25) is 33.6 Å². The van der Waals surface area contributed by atoms with Gasteiger partial charge in [0, 0.05) is 85.2 Å². The number of ether oxygens (including phenoxy) is 1. The van der Waals surface area contributed by atoms with Gasteiger partial charge in [-0.1, -0.05) is 165 Å². The van der Waals surface area contributed by atoms with Crippen LogP contribution in [0.5, 0.6) is 0 Å². The molecule has 1 aliphatic heterocycles. The predicted octanol–water partition coefficient (Wildman–Crippen LogP) is 15.3. The number of imidazole rings is 1. The number of hydrogen-bond acceptors (Lipinski definition) is 14. The van der Waals surface area contributed by atoms with Crippen molar-refractivity contribution >= 4 is 69.3 Å². The van der Waals surface area contributed by atoms with Crippen LogP contribution in [-0.4, -0.2) is 106 Å². The third kappa shape index (κ3) is 46.9. The number of ketones is 5. The third-order valence-electron chi connectivity index (χ3n) is 12.5. The first-order chi connectivity index (χ1) is 40.5. The molecule has 90 heavy (non-hydrogen) atoms. The second-order valence-corrected chi connectivity index (χ2v) is 32.1. The maximum absolute atomic E-state index is 12.3. The third-order valence-corrected chi connectivity index (χ3v) is 14.1. The van der Waals surface area contributed by atoms with Gasteiger partial charge in [-0.25, -0.2) is 23.6 Å². The van der Waals surface area contributed by atoms with Crippen LogP contribution in [0.4, 0.5) is 8.78 Å². The normalized spacial score (nSPS) is 14.2. The Morgan fingerprint density at radius 1 is 0.811 bits per heavy atom. The highest BCUT2D eigenvalue weighted by atomic mass is 35.5. The molecule has 2 aromatic rings. The number of rotatable bonds is 12. The first-order valence-corrected chi connectivity index (χ1v) is 31.8. The van der Waals surface area contributed by atoms with Gasteiger partial charge in [0.2, 0.25) is 5.91 Å². The summed E-state index contributed by atoms with van der Waals surface area (Å²) in [5.74, 6) is 1.12. The molecule has 2 fully saturated rings. The number of carbonyl (C=O) groups is 7. The molecule has 0 aromatic carbocycles. The van der Waals surface area contributed by atoms with Gasteiger partial charge in [-0.15, -0.1) is 18.0 Å².